The van der Waals surface area contributed by atoms with Gasteiger partial charge in [-0.05, 0) is 39.3 Å². The molecule has 0 saturated heterocycles. The number of benzene rings is 1. The quantitative estimate of drug-likeness (QED) is 0.870. The summed E-state index contributed by atoms with van der Waals surface area (Å²) in [4.78, 5) is 0. The van der Waals surface area contributed by atoms with Crippen LogP contribution in [0.15, 0.2) is 18.2 Å². The number of hydrogen-bond donors (Lipinski definition) is 1. The second-order valence-electron chi connectivity index (χ2n) is 4.65. The Morgan fingerprint density at radius 2 is 1.81 bits per heavy atom. The molecule has 5 heteroatoms. The number of sulfonamides is 1. The molecule has 0 aliphatic heterocycles. The van der Waals surface area contributed by atoms with Crippen molar-refractivity contribution in [2.75, 3.05) is 4.72 Å². The van der Waals surface area contributed by atoms with Crippen molar-refractivity contribution in [2.45, 2.75) is 32.4 Å². The summed E-state index contributed by atoms with van der Waals surface area (Å²) >= 11 is 0. The molecule has 16 heavy (non-hydrogen) atoms. The van der Waals surface area contributed by atoms with E-state index in [4.69, 9.17) is 0 Å². The minimum Gasteiger partial charge on any atom is -0.280 e. The summed E-state index contributed by atoms with van der Waals surface area (Å²) in [5.74, 6) is -0.562. The van der Waals surface area contributed by atoms with E-state index in [2.05, 4.69) is 4.72 Å². The Kier molecular flexibility index (Phi) is 3.28. The molecule has 1 aromatic carbocycles. The van der Waals surface area contributed by atoms with Crippen molar-refractivity contribution in [2.24, 2.45) is 0 Å². The van der Waals surface area contributed by atoms with Gasteiger partial charge in [0.2, 0.25) is 10.0 Å². The average molecular weight is 245 g/mol. The lowest BCUT2D eigenvalue weighted by Gasteiger charge is -2.21. The zero-order valence-corrected chi connectivity index (χ0v) is 10.7. The molecule has 0 unspecified atom stereocenters. The maximum absolute atomic E-state index is 13.4. The summed E-state index contributed by atoms with van der Waals surface area (Å²) in [5, 5.41) is 0. The first kappa shape index (κ1) is 13.0. The summed E-state index contributed by atoms with van der Waals surface area (Å²) in [5.41, 5.74) is 0.588. The molecular weight excluding hydrogens is 229 g/mol. The lowest BCUT2D eigenvalue weighted by atomic mass is 10.2. The number of aryl methyl sites for hydroxylation is 1. The first-order valence-electron chi connectivity index (χ1n) is 4.92. The Morgan fingerprint density at radius 3 is 2.25 bits per heavy atom. The molecule has 0 atom stereocenters. The van der Waals surface area contributed by atoms with Crippen molar-refractivity contribution in [3.05, 3.63) is 29.6 Å². The van der Waals surface area contributed by atoms with Crippen LogP contribution in [0.25, 0.3) is 0 Å². The molecule has 0 bridgehead atoms. The Balaban J connectivity index is 3.17. The maximum atomic E-state index is 13.4. The smallest absolute Gasteiger partial charge is 0.237 e. The van der Waals surface area contributed by atoms with Crippen LogP contribution in [-0.2, 0) is 10.0 Å². The van der Waals surface area contributed by atoms with Gasteiger partial charge in [-0.25, -0.2) is 12.8 Å². The van der Waals surface area contributed by atoms with Crippen LogP contribution in [0.3, 0.4) is 0 Å². The van der Waals surface area contributed by atoms with E-state index in [0.29, 0.717) is 5.56 Å². The van der Waals surface area contributed by atoms with E-state index in [1.165, 1.54) is 6.07 Å². The van der Waals surface area contributed by atoms with E-state index in [0.717, 1.165) is 0 Å². The molecule has 0 fully saturated rings. The van der Waals surface area contributed by atoms with Crippen LogP contribution in [0.1, 0.15) is 26.3 Å². The third-order valence-corrected chi connectivity index (χ3v) is 4.35. The van der Waals surface area contributed by atoms with Gasteiger partial charge < -0.3 is 0 Å². The van der Waals surface area contributed by atoms with E-state index in [1.54, 1.807) is 39.8 Å². The number of rotatable bonds is 2. The molecule has 0 aromatic heterocycles. The molecule has 0 aliphatic rings. The summed E-state index contributed by atoms with van der Waals surface area (Å²) in [6.07, 6.45) is 0. The molecule has 0 spiro atoms. The highest BCUT2D eigenvalue weighted by Gasteiger charge is 2.29. The van der Waals surface area contributed by atoms with E-state index < -0.39 is 20.6 Å². The van der Waals surface area contributed by atoms with Crippen LogP contribution in [0, 0.1) is 12.7 Å². The van der Waals surface area contributed by atoms with Gasteiger partial charge in [0.05, 0.1) is 10.4 Å². The van der Waals surface area contributed by atoms with Crippen molar-refractivity contribution >= 4 is 15.7 Å². The fourth-order valence-corrected chi connectivity index (χ4v) is 1.88. The molecule has 3 nitrogen and oxygen atoms in total. The van der Waals surface area contributed by atoms with E-state index >= 15 is 0 Å². The predicted octanol–water partition coefficient (Wildman–Crippen LogP) is 2.67. The summed E-state index contributed by atoms with van der Waals surface area (Å²) < 4.78 is 38.5. The second-order valence-corrected chi connectivity index (χ2v) is 7.09. The lowest BCUT2D eigenvalue weighted by Crippen LogP contribution is -2.34. The summed E-state index contributed by atoms with van der Waals surface area (Å²) in [6.45, 7) is 6.34. The maximum Gasteiger partial charge on any atom is 0.237 e. The minimum absolute atomic E-state index is 0.0254. The van der Waals surface area contributed by atoms with Crippen molar-refractivity contribution in [1.29, 1.82) is 0 Å². The fraction of sp³-hybridized carbons (Fsp3) is 0.455. The van der Waals surface area contributed by atoms with Crippen molar-refractivity contribution in [3.8, 4) is 0 Å². The second kappa shape index (κ2) is 4.05. The van der Waals surface area contributed by atoms with Crippen LogP contribution in [-0.4, -0.2) is 13.2 Å². The molecule has 1 aromatic rings. The van der Waals surface area contributed by atoms with E-state index in [1.807, 2.05) is 0 Å². The highest BCUT2D eigenvalue weighted by atomic mass is 32.2. The van der Waals surface area contributed by atoms with Gasteiger partial charge in [-0.2, -0.15) is 0 Å². The van der Waals surface area contributed by atoms with Gasteiger partial charge in [-0.1, -0.05) is 12.1 Å². The molecule has 0 amide bonds. The van der Waals surface area contributed by atoms with Gasteiger partial charge >= 0.3 is 0 Å². The Bertz CT molecular complexity index is 469. The molecule has 0 saturated carbocycles. The third-order valence-electron chi connectivity index (χ3n) is 2.26. The van der Waals surface area contributed by atoms with E-state index in [9.17, 15) is 12.8 Å². The molecule has 0 radical (unpaired) electrons. The predicted molar refractivity (Wildman–Crippen MR) is 63.4 cm³/mol. The molecule has 90 valence electrons. The highest BCUT2D eigenvalue weighted by Crippen LogP contribution is 2.24. The molecule has 1 rings (SSSR count). The minimum atomic E-state index is -3.59. The third kappa shape index (κ3) is 2.52. The summed E-state index contributed by atoms with van der Waals surface area (Å²) in [7, 11) is -3.59. The van der Waals surface area contributed by atoms with Gasteiger partial charge in [0.1, 0.15) is 5.82 Å². The van der Waals surface area contributed by atoms with Crippen LogP contribution >= 0.6 is 0 Å². The number of nitrogens with one attached hydrogen (secondary N) is 1. The fourth-order valence-electron chi connectivity index (χ4n) is 1.05. The van der Waals surface area contributed by atoms with Gasteiger partial charge in [0.25, 0.3) is 0 Å². The first-order chi connectivity index (χ1) is 7.15. The van der Waals surface area contributed by atoms with Gasteiger partial charge in [0.15, 0.2) is 0 Å². The molecule has 1 N–H and O–H groups in total. The highest BCUT2D eigenvalue weighted by molar-refractivity contribution is 7.94. The van der Waals surface area contributed by atoms with E-state index in [-0.39, 0.29) is 5.69 Å². The van der Waals surface area contributed by atoms with Gasteiger partial charge in [-0.15, -0.1) is 0 Å². The number of anilines is 1. The molecule has 0 heterocycles. The standard InChI is InChI=1S/C11H16FNO2S/c1-8-6-5-7-9(12)10(8)13-16(14,15)11(2,3)4/h5-7,13H,1-4H3. The Labute approximate surface area is 95.7 Å². The molecular formula is C11H16FNO2S. The molecule has 0 aliphatic carbocycles. The lowest BCUT2D eigenvalue weighted by molar-refractivity contribution is 0.564. The average Bonchev–Trinajstić information content (AvgIpc) is 2.10. The van der Waals surface area contributed by atoms with Crippen LogP contribution in [0.4, 0.5) is 10.1 Å². The zero-order chi connectivity index (χ0) is 12.6. The van der Waals surface area contributed by atoms with Gasteiger partial charge in [0, 0.05) is 0 Å². The van der Waals surface area contributed by atoms with Crippen molar-refractivity contribution in [3.63, 3.8) is 0 Å². The SMILES string of the molecule is Cc1cccc(F)c1NS(=O)(=O)C(C)(C)C. The monoisotopic (exact) mass is 245 g/mol. The first-order valence-corrected chi connectivity index (χ1v) is 6.41. The van der Waals surface area contributed by atoms with Crippen LogP contribution < -0.4 is 4.72 Å². The number of halogens is 1. The summed E-state index contributed by atoms with van der Waals surface area (Å²) in [6, 6.07) is 4.43. The van der Waals surface area contributed by atoms with Crippen molar-refractivity contribution in [1.82, 2.24) is 0 Å². The van der Waals surface area contributed by atoms with Crippen LogP contribution in [0.5, 0.6) is 0 Å². The zero-order valence-electron chi connectivity index (χ0n) is 9.83. The largest absolute Gasteiger partial charge is 0.280 e. The van der Waals surface area contributed by atoms with Gasteiger partial charge in [-0.3, -0.25) is 4.72 Å². The normalized spacial score (nSPS) is 12.6. The Hall–Kier alpha value is -1.10. The number of hydrogen-bond acceptors (Lipinski definition) is 2. The Morgan fingerprint density at radius 1 is 1.25 bits per heavy atom. The topological polar surface area (TPSA) is 46.2 Å². The number of para-hydroxylation sites is 1. The van der Waals surface area contributed by atoms with Crippen LogP contribution in [0.2, 0.25) is 0 Å². The van der Waals surface area contributed by atoms with Crippen molar-refractivity contribution < 1.29 is 12.8 Å².